The molecular formula is C30H42N4O6. The monoisotopic (exact) mass is 554 g/mol. The van der Waals surface area contributed by atoms with Crippen LogP contribution in [0.25, 0.3) is 0 Å². The second-order valence-electron chi connectivity index (χ2n) is 11.6. The molecule has 2 saturated carbocycles. The Hall–Kier alpha value is -3.30. The third kappa shape index (κ3) is 5.76. The Bertz CT molecular complexity index is 1130. The molecular weight excluding hydrogens is 512 g/mol. The number of rotatable bonds is 7. The van der Waals surface area contributed by atoms with E-state index >= 15 is 0 Å². The van der Waals surface area contributed by atoms with Crippen LogP contribution in [0.2, 0.25) is 0 Å². The van der Waals surface area contributed by atoms with Gasteiger partial charge in [-0.05, 0) is 62.6 Å². The van der Waals surface area contributed by atoms with E-state index in [4.69, 9.17) is 14.6 Å². The van der Waals surface area contributed by atoms with E-state index in [1.165, 1.54) is 0 Å². The maximum atomic E-state index is 13.7. The van der Waals surface area contributed by atoms with Crippen molar-refractivity contribution in [3.63, 3.8) is 0 Å². The molecule has 2 aliphatic heterocycles. The summed E-state index contributed by atoms with van der Waals surface area (Å²) in [4.78, 5) is 40.5. The number of hydrogen-bond acceptors (Lipinski definition) is 6. The maximum Gasteiger partial charge on any atom is 0.405 e. The summed E-state index contributed by atoms with van der Waals surface area (Å²) in [7, 11) is 3.23. The van der Waals surface area contributed by atoms with Crippen molar-refractivity contribution in [2.75, 3.05) is 27.3 Å². The first-order valence-corrected chi connectivity index (χ1v) is 14.8. The number of methoxy groups -OCH3 is 2. The lowest BCUT2D eigenvalue weighted by Gasteiger charge is -2.44. The van der Waals surface area contributed by atoms with Crippen LogP contribution < -0.4 is 14.8 Å². The van der Waals surface area contributed by atoms with Gasteiger partial charge in [-0.15, -0.1) is 0 Å². The molecule has 0 aromatic heterocycles. The number of nitrogens with one attached hydrogen (secondary N) is 1. The lowest BCUT2D eigenvalue weighted by molar-refractivity contribution is -0.144. The molecule has 1 aromatic rings. The minimum Gasteiger partial charge on any atom is -0.493 e. The number of likely N-dealkylation sites (tertiary alicyclic amines) is 1. The number of nitrogens with zero attached hydrogens (tertiary/aromatic N) is 3. The number of carbonyl (C=O) groups is 3. The molecule has 40 heavy (non-hydrogen) atoms. The molecule has 1 aromatic carbocycles. The van der Waals surface area contributed by atoms with Gasteiger partial charge < -0.3 is 24.8 Å². The fraction of sp³-hybridized carbons (Fsp3) is 0.667. The smallest absolute Gasteiger partial charge is 0.405 e. The largest absolute Gasteiger partial charge is 0.493 e. The van der Waals surface area contributed by atoms with Crippen LogP contribution in [-0.4, -0.2) is 78.0 Å². The molecule has 5 rings (SSSR count). The fourth-order valence-electron chi connectivity index (χ4n) is 7.20. The van der Waals surface area contributed by atoms with Crippen LogP contribution in [0.5, 0.6) is 11.5 Å². The lowest BCUT2D eigenvalue weighted by atomic mass is 9.73. The average Bonchev–Trinajstić information content (AvgIpc) is 3.00. The zero-order valence-corrected chi connectivity index (χ0v) is 23.6. The molecule has 0 bridgehead atoms. The molecule has 0 spiro atoms. The van der Waals surface area contributed by atoms with Crippen LogP contribution in [0.15, 0.2) is 23.3 Å². The summed E-state index contributed by atoms with van der Waals surface area (Å²) >= 11 is 0. The third-order valence-corrected chi connectivity index (χ3v) is 9.34. The molecule has 2 N–H and O–H groups in total. The zero-order valence-electron chi connectivity index (χ0n) is 23.6. The van der Waals surface area contributed by atoms with Crippen molar-refractivity contribution in [2.45, 2.75) is 82.7 Å². The van der Waals surface area contributed by atoms with Crippen LogP contribution in [0.1, 0.15) is 76.2 Å². The average molecular weight is 555 g/mol. The second kappa shape index (κ2) is 12.5. The summed E-state index contributed by atoms with van der Waals surface area (Å²) in [6.45, 7) is 0.959. The first-order valence-electron chi connectivity index (χ1n) is 14.8. The molecule has 10 heteroatoms. The van der Waals surface area contributed by atoms with Gasteiger partial charge in [-0.2, -0.15) is 5.10 Å². The summed E-state index contributed by atoms with van der Waals surface area (Å²) < 4.78 is 11.0. The van der Waals surface area contributed by atoms with Crippen LogP contribution in [0.3, 0.4) is 0 Å². The standard InChI is InChI=1S/C30H42N4O6/c1-39-24-13-12-20(18-25(24)40-2)26-22-10-6-7-11-23(22)28(35)34(32-26)21-14-16-33(17-15-21)29(36)27(31-30(37)38)19-8-4-3-5-9-19/h12-13,18-19,21-23,27,31H,3-11,14-17H2,1-2H3,(H,37,38)/t22-,23+,27+/m0/s1. The van der Waals surface area contributed by atoms with E-state index in [0.29, 0.717) is 37.4 Å². The molecule has 2 aliphatic carbocycles. The van der Waals surface area contributed by atoms with Gasteiger partial charge in [-0.3, -0.25) is 9.59 Å². The topological polar surface area (TPSA) is 121 Å². The number of benzene rings is 1. The predicted octanol–water partition coefficient (Wildman–Crippen LogP) is 4.26. The summed E-state index contributed by atoms with van der Waals surface area (Å²) in [5.74, 6) is 1.26. The van der Waals surface area contributed by atoms with Gasteiger partial charge in [0.1, 0.15) is 6.04 Å². The molecule has 0 radical (unpaired) electrons. The Kier molecular flexibility index (Phi) is 8.81. The van der Waals surface area contributed by atoms with Crippen LogP contribution >= 0.6 is 0 Å². The maximum absolute atomic E-state index is 13.7. The van der Waals surface area contributed by atoms with Crippen molar-refractivity contribution in [1.82, 2.24) is 15.2 Å². The molecule has 4 aliphatic rings. The van der Waals surface area contributed by atoms with Gasteiger partial charge in [0.2, 0.25) is 11.8 Å². The Morgan fingerprint density at radius 1 is 0.925 bits per heavy atom. The van der Waals surface area contributed by atoms with E-state index < -0.39 is 12.1 Å². The van der Waals surface area contributed by atoms with E-state index in [9.17, 15) is 19.5 Å². The second-order valence-corrected chi connectivity index (χ2v) is 11.6. The van der Waals surface area contributed by atoms with E-state index in [1.54, 1.807) is 24.1 Å². The SMILES string of the molecule is COc1ccc(C2=NN(C3CCN(C(=O)[C@H](NC(=O)O)C4CCCCC4)CC3)C(=O)[C@@H]3CCCC[C@H]23)cc1OC. The molecule has 2 heterocycles. The number of carbonyl (C=O) groups excluding carboxylic acids is 2. The lowest BCUT2D eigenvalue weighted by Crippen LogP contribution is -2.57. The van der Waals surface area contributed by atoms with Crippen LogP contribution in [0, 0.1) is 17.8 Å². The fourth-order valence-corrected chi connectivity index (χ4v) is 7.20. The van der Waals surface area contributed by atoms with E-state index in [0.717, 1.165) is 69.1 Å². The number of amides is 3. The van der Waals surface area contributed by atoms with Gasteiger partial charge in [-0.1, -0.05) is 32.1 Å². The molecule has 10 nitrogen and oxygen atoms in total. The number of piperidine rings is 1. The highest BCUT2D eigenvalue weighted by Crippen LogP contribution is 2.40. The van der Waals surface area contributed by atoms with Gasteiger partial charge >= 0.3 is 6.09 Å². The normalized spacial score (nSPS) is 25.1. The minimum atomic E-state index is -1.16. The molecule has 3 amide bonds. The van der Waals surface area contributed by atoms with E-state index in [2.05, 4.69) is 5.32 Å². The van der Waals surface area contributed by atoms with Crippen molar-refractivity contribution in [2.24, 2.45) is 22.9 Å². The number of hydrazone groups is 1. The quantitative estimate of drug-likeness (QED) is 0.520. The number of ether oxygens (including phenoxy) is 2. The highest BCUT2D eigenvalue weighted by Gasteiger charge is 2.44. The summed E-state index contributed by atoms with van der Waals surface area (Å²) in [5.41, 5.74) is 1.86. The number of fused-ring (bicyclic) bond motifs is 1. The van der Waals surface area contributed by atoms with Gasteiger partial charge in [0.05, 0.1) is 26.0 Å². The van der Waals surface area contributed by atoms with Crippen molar-refractivity contribution >= 4 is 23.6 Å². The Morgan fingerprint density at radius 3 is 2.23 bits per heavy atom. The van der Waals surface area contributed by atoms with Crippen molar-refractivity contribution in [1.29, 1.82) is 0 Å². The molecule has 3 atom stereocenters. The molecule has 3 fully saturated rings. The van der Waals surface area contributed by atoms with Crippen molar-refractivity contribution < 1.29 is 29.0 Å². The summed E-state index contributed by atoms with van der Waals surface area (Å²) in [5, 5.41) is 18.6. The first-order chi connectivity index (χ1) is 19.4. The van der Waals surface area contributed by atoms with E-state index in [1.807, 2.05) is 18.2 Å². The van der Waals surface area contributed by atoms with Gasteiger partial charge in [0.25, 0.3) is 0 Å². The Balaban J connectivity index is 1.34. The molecule has 218 valence electrons. The molecule has 0 unspecified atom stereocenters. The van der Waals surface area contributed by atoms with Crippen molar-refractivity contribution in [3.05, 3.63) is 23.8 Å². The van der Waals surface area contributed by atoms with E-state index in [-0.39, 0.29) is 35.6 Å². The highest BCUT2D eigenvalue weighted by atomic mass is 16.5. The predicted molar refractivity (Wildman–Crippen MR) is 150 cm³/mol. The summed E-state index contributed by atoms with van der Waals surface area (Å²) in [6.07, 6.45) is 8.89. The summed E-state index contributed by atoms with van der Waals surface area (Å²) in [6, 6.07) is 5.01. The minimum absolute atomic E-state index is 0.0376. The Labute approximate surface area is 236 Å². The Morgan fingerprint density at radius 2 is 1.57 bits per heavy atom. The molecule has 1 saturated heterocycles. The number of hydrogen-bond donors (Lipinski definition) is 2. The number of carboxylic acid groups (broad SMARTS) is 1. The van der Waals surface area contributed by atoms with Gasteiger partial charge in [-0.25, -0.2) is 9.80 Å². The zero-order chi connectivity index (χ0) is 28.2. The van der Waals surface area contributed by atoms with Crippen LogP contribution in [-0.2, 0) is 9.59 Å². The highest BCUT2D eigenvalue weighted by molar-refractivity contribution is 6.07. The van der Waals surface area contributed by atoms with Crippen molar-refractivity contribution in [3.8, 4) is 11.5 Å². The first kappa shape index (κ1) is 28.2. The van der Waals surface area contributed by atoms with Crippen LogP contribution in [0.4, 0.5) is 4.79 Å². The third-order valence-electron chi connectivity index (χ3n) is 9.34. The van der Waals surface area contributed by atoms with Gasteiger partial charge in [0, 0.05) is 30.5 Å². The van der Waals surface area contributed by atoms with Gasteiger partial charge in [0.15, 0.2) is 11.5 Å².